The van der Waals surface area contributed by atoms with Crippen molar-refractivity contribution in [1.82, 2.24) is 19.8 Å². The van der Waals surface area contributed by atoms with Crippen LogP contribution >= 0.6 is 35.7 Å². The van der Waals surface area contributed by atoms with Crippen LogP contribution in [-0.2, 0) is 0 Å². The van der Waals surface area contributed by atoms with Crippen molar-refractivity contribution in [3.63, 3.8) is 0 Å². The summed E-state index contributed by atoms with van der Waals surface area (Å²) in [6, 6.07) is 0.286. The van der Waals surface area contributed by atoms with E-state index in [1.54, 1.807) is 19.6 Å². The second-order valence-corrected chi connectivity index (χ2v) is 6.72. The molecule has 1 N–H and O–H groups in total. The molecule has 2 heterocycles. The number of alkyl halides is 3. The number of guanidine groups is 1. The molecule has 5 nitrogen and oxygen atoms in total. The Hall–Kier alpha value is -0.650. The number of thioether (sulfide) groups is 1. The summed E-state index contributed by atoms with van der Waals surface area (Å²) in [6.45, 7) is 4.05. The minimum Gasteiger partial charge on any atom is -0.355 e. The lowest BCUT2D eigenvalue weighted by Crippen LogP contribution is -2.49. The van der Waals surface area contributed by atoms with Gasteiger partial charge in [0, 0.05) is 44.8 Å². The number of nitrogens with zero attached hydrogens (tertiary/aromatic N) is 4. The third kappa shape index (κ3) is 6.34. The van der Waals surface area contributed by atoms with Gasteiger partial charge >= 0.3 is 5.51 Å². The number of aliphatic imine (C=N–C) groups is 1. The van der Waals surface area contributed by atoms with Crippen molar-refractivity contribution >= 4 is 41.7 Å². The molecule has 138 valence electrons. The molecule has 1 aromatic rings. The quantitative estimate of drug-likeness (QED) is 0.313. The normalized spacial score (nSPS) is 22.2. The Morgan fingerprint density at radius 3 is 2.79 bits per heavy atom. The van der Waals surface area contributed by atoms with E-state index in [4.69, 9.17) is 0 Å². The summed E-state index contributed by atoms with van der Waals surface area (Å²) >= 11 is -0.0167. The van der Waals surface area contributed by atoms with E-state index in [9.17, 15) is 13.2 Å². The van der Waals surface area contributed by atoms with Crippen LogP contribution in [-0.4, -0.2) is 58.4 Å². The Morgan fingerprint density at radius 2 is 2.21 bits per heavy atom. The van der Waals surface area contributed by atoms with Crippen LogP contribution in [0.1, 0.15) is 19.4 Å². The van der Waals surface area contributed by atoms with E-state index in [2.05, 4.69) is 31.7 Å². The molecule has 0 aliphatic carbocycles. The molecule has 1 aliphatic rings. The smallest absolute Gasteiger partial charge is 0.355 e. The van der Waals surface area contributed by atoms with E-state index in [1.165, 1.54) is 0 Å². The molecule has 2 rings (SSSR count). The average molecular weight is 477 g/mol. The Labute approximate surface area is 161 Å². The monoisotopic (exact) mass is 477 g/mol. The zero-order valence-corrected chi connectivity index (χ0v) is 16.8. The SMILES string of the molecule is CN=C(NCCSC(F)(F)F)N1CCC(C)C(n2ccnc2)C1.I. The topological polar surface area (TPSA) is 45.5 Å². The Bertz CT molecular complexity index is 509. The molecule has 10 heteroatoms. The maximum atomic E-state index is 12.2. The van der Waals surface area contributed by atoms with Crippen LogP contribution in [0.4, 0.5) is 13.2 Å². The van der Waals surface area contributed by atoms with Crippen molar-refractivity contribution in [3.8, 4) is 0 Å². The van der Waals surface area contributed by atoms with Crippen LogP contribution in [0, 0.1) is 5.92 Å². The number of hydrogen-bond donors (Lipinski definition) is 1. The number of nitrogens with one attached hydrogen (secondary N) is 1. The lowest BCUT2D eigenvalue weighted by atomic mass is 9.93. The second-order valence-electron chi connectivity index (χ2n) is 5.56. The molecule has 0 radical (unpaired) electrons. The molecule has 1 aliphatic heterocycles. The molecule has 2 unspecified atom stereocenters. The molecule has 0 spiro atoms. The van der Waals surface area contributed by atoms with Gasteiger partial charge in [0.25, 0.3) is 0 Å². The van der Waals surface area contributed by atoms with E-state index in [0.29, 0.717) is 11.9 Å². The minimum atomic E-state index is -4.18. The molecule has 2 atom stereocenters. The van der Waals surface area contributed by atoms with Crippen molar-refractivity contribution in [2.24, 2.45) is 10.9 Å². The van der Waals surface area contributed by atoms with E-state index < -0.39 is 5.51 Å². The van der Waals surface area contributed by atoms with Crippen LogP contribution in [0.5, 0.6) is 0 Å². The van der Waals surface area contributed by atoms with Gasteiger partial charge in [-0.1, -0.05) is 6.92 Å². The summed E-state index contributed by atoms with van der Waals surface area (Å²) in [5.74, 6) is 1.14. The molecule has 1 aromatic heterocycles. The van der Waals surface area contributed by atoms with Gasteiger partial charge in [-0.05, 0) is 24.1 Å². The highest BCUT2D eigenvalue weighted by atomic mass is 127. The summed E-state index contributed by atoms with van der Waals surface area (Å²) < 4.78 is 38.5. The van der Waals surface area contributed by atoms with E-state index in [-0.39, 0.29) is 54.1 Å². The highest BCUT2D eigenvalue weighted by Gasteiger charge is 2.30. The van der Waals surface area contributed by atoms with Crippen LogP contribution < -0.4 is 5.32 Å². The van der Waals surface area contributed by atoms with E-state index in [0.717, 1.165) is 19.5 Å². The number of rotatable bonds is 4. The predicted octanol–water partition coefficient (Wildman–Crippen LogP) is 3.21. The summed E-state index contributed by atoms with van der Waals surface area (Å²) in [6.07, 6.45) is 6.51. The maximum absolute atomic E-state index is 12.2. The lowest BCUT2D eigenvalue weighted by Gasteiger charge is -2.39. The van der Waals surface area contributed by atoms with Gasteiger partial charge < -0.3 is 14.8 Å². The van der Waals surface area contributed by atoms with E-state index >= 15 is 0 Å². The first-order valence-electron chi connectivity index (χ1n) is 7.54. The van der Waals surface area contributed by atoms with E-state index in [1.807, 2.05) is 6.20 Å². The van der Waals surface area contributed by atoms with Crippen molar-refractivity contribution in [2.45, 2.75) is 24.9 Å². The fourth-order valence-corrected chi connectivity index (χ4v) is 3.19. The number of likely N-dealkylation sites (tertiary alicyclic amines) is 1. The molecular formula is C14H23F3IN5S. The first-order valence-corrected chi connectivity index (χ1v) is 8.53. The first kappa shape index (κ1) is 21.4. The summed E-state index contributed by atoms with van der Waals surface area (Å²) in [4.78, 5) is 10.4. The first-order chi connectivity index (χ1) is 10.9. The van der Waals surface area contributed by atoms with Crippen LogP contribution in [0.25, 0.3) is 0 Å². The summed E-state index contributed by atoms with van der Waals surface area (Å²) in [5.41, 5.74) is -4.18. The number of piperidine rings is 1. The highest BCUT2D eigenvalue weighted by Crippen LogP contribution is 2.29. The van der Waals surface area contributed by atoms with Gasteiger partial charge in [0.05, 0.1) is 12.4 Å². The summed E-state index contributed by atoms with van der Waals surface area (Å²) in [7, 11) is 1.66. The van der Waals surface area contributed by atoms with Gasteiger partial charge in [0.1, 0.15) is 0 Å². The summed E-state index contributed by atoms with van der Waals surface area (Å²) in [5, 5.41) is 3.02. The van der Waals surface area contributed by atoms with Gasteiger partial charge in [0.15, 0.2) is 5.96 Å². The average Bonchev–Trinajstić information content (AvgIpc) is 3.01. The number of aromatic nitrogens is 2. The number of halogens is 4. The van der Waals surface area contributed by atoms with Gasteiger partial charge in [0.2, 0.25) is 0 Å². The number of imidazole rings is 1. The van der Waals surface area contributed by atoms with Gasteiger partial charge in [-0.25, -0.2) is 4.98 Å². The molecule has 1 fully saturated rings. The fraction of sp³-hybridized carbons (Fsp3) is 0.714. The Morgan fingerprint density at radius 1 is 1.46 bits per heavy atom. The zero-order chi connectivity index (χ0) is 16.9. The molecule has 0 amide bonds. The Kier molecular flexibility index (Phi) is 8.68. The van der Waals surface area contributed by atoms with Gasteiger partial charge in [-0.3, -0.25) is 4.99 Å². The van der Waals surface area contributed by atoms with Crippen molar-refractivity contribution in [1.29, 1.82) is 0 Å². The number of hydrogen-bond acceptors (Lipinski definition) is 3. The maximum Gasteiger partial charge on any atom is 0.441 e. The lowest BCUT2D eigenvalue weighted by molar-refractivity contribution is -0.0327. The van der Waals surface area contributed by atoms with Crippen molar-refractivity contribution in [3.05, 3.63) is 18.7 Å². The highest BCUT2D eigenvalue weighted by molar-refractivity contribution is 14.0. The van der Waals surface area contributed by atoms with Gasteiger partial charge in [-0.15, -0.1) is 24.0 Å². The molecule has 0 saturated carbocycles. The van der Waals surface area contributed by atoms with Crippen molar-refractivity contribution < 1.29 is 13.2 Å². The van der Waals surface area contributed by atoms with Crippen LogP contribution in [0.2, 0.25) is 0 Å². The molecule has 1 saturated heterocycles. The van der Waals surface area contributed by atoms with Gasteiger partial charge in [-0.2, -0.15) is 13.2 Å². The molecule has 0 aromatic carbocycles. The Balaban J connectivity index is 0.00000288. The zero-order valence-electron chi connectivity index (χ0n) is 13.7. The minimum absolute atomic E-state index is 0. The largest absolute Gasteiger partial charge is 0.441 e. The van der Waals surface area contributed by atoms with Crippen molar-refractivity contribution in [2.75, 3.05) is 32.4 Å². The molecule has 24 heavy (non-hydrogen) atoms. The third-order valence-corrected chi connectivity index (χ3v) is 4.72. The van der Waals surface area contributed by atoms with Crippen LogP contribution in [0.15, 0.2) is 23.7 Å². The second kappa shape index (κ2) is 9.73. The molecular weight excluding hydrogens is 454 g/mol. The van der Waals surface area contributed by atoms with Crippen LogP contribution in [0.3, 0.4) is 0 Å². The fourth-order valence-electron chi connectivity index (χ4n) is 2.76. The predicted molar refractivity (Wildman–Crippen MR) is 102 cm³/mol. The molecule has 0 bridgehead atoms. The third-order valence-electron chi connectivity index (χ3n) is 3.99. The standard InChI is InChI=1S/C14H22F3N5S.HI/c1-11-3-6-21(9-12(11)22-7-4-19-10-22)13(18-2)20-5-8-23-14(15,16)17;/h4,7,10-12H,3,5-6,8-9H2,1-2H3,(H,18,20);1H.